The van der Waals surface area contributed by atoms with Crippen LogP contribution in [0.1, 0.15) is 6.92 Å². The first-order chi connectivity index (χ1) is 22.7. The van der Waals surface area contributed by atoms with Crippen molar-refractivity contribution in [2.45, 2.75) is 74.4 Å². The third-order valence-corrected chi connectivity index (χ3v) is 7.79. The third kappa shape index (κ3) is 6.76. The number of phenolic OH excluding ortho intramolecular Hbond substituents is 2. The molecule has 0 bridgehead atoms. The molecule has 18 nitrogen and oxygen atoms in total. The number of carbonyl (C=O) groups is 1. The van der Waals surface area contributed by atoms with Crippen LogP contribution in [0.2, 0.25) is 0 Å². The Labute approximate surface area is 269 Å². The molecule has 7 unspecified atom stereocenters. The molecule has 2 aliphatic rings. The minimum Gasteiger partial charge on any atom is -0.508 e. The highest BCUT2D eigenvalue weighted by Crippen LogP contribution is 2.38. The van der Waals surface area contributed by atoms with Crippen molar-refractivity contribution in [1.82, 2.24) is 0 Å². The summed E-state index contributed by atoms with van der Waals surface area (Å²) in [6.07, 6.45) is -18.4. The SMILES string of the molecule is CC(O)C(=O)OC1C(O)[C@H](O)C(CO)O[C@H]1Oc1c(-c2ccc(O[C@@H]3OC(CO)[C@@H](O)C(O)C3O)cc2)oc2cc(O)cc(O)c2c1=O. The highest BCUT2D eigenvalue weighted by atomic mass is 16.7. The molecule has 18 heteroatoms. The maximum absolute atomic E-state index is 13.8. The Morgan fingerprint density at radius 2 is 1.44 bits per heavy atom. The molecule has 0 radical (unpaired) electrons. The molecule has 2 aliphatic heterocycles. The van der Waals surface area contributed by atoms with E-state index in [1.807, 2.05) is 0 Å². The van der Waals surface area contributed by atoms with Gasteiger partial charge in [-0.2, -0.15) is 0 Å². The molecule has 0 amide bonds. The molecule has 2 aromatic carbocycles. The van der Waals surface area contributed by atoms with Crippen molar-refractivity contribution in [3.8, 4) is 34.3 Å². The largest absolute Gasteiger partial charge is 0.508 e. The molecule has 11 atom stereocenters. The van der Waals surface area contributed by atoms with Gasteiger partial charge in [0.15, 0.2) is 11.9 Å². The lowest BCUT2D eigenvalue weighted by molar-refractivity contribution is -0.283. The molecule has 10 N–H and O–H groups in total. The summed E-state index contributed by atoms with van der Waals surface area (Å²) < 4.78 is 33.3. The fourth-order valence-corrected chi connectivity index (χ4v) is 5.17. The van der Waals surface area contributed by atoms with Gasteiger partial charge in [-0.15, -0.1) is 0 Å². The summed E-state index contributed by atoms with van der Waals surface area (Å²) >= 11 is 0. The van der Waals surface area contributed by atoms with Crippen molar-refractivity contribution in [3.63, 3.8) is 0 Å². The lowest BCUT2D eigenvalue weighted by Crippen LogP contribution is -2.61. The molecule has 0 spiro atoms. The van der Waals surface area contributed by atoms with Crippen molar-refractivity contribution >= 4 is 16.9 Å². The number of hydrogen-bond donors (Lipinski definition) is 10. The van der Waals surface area contributed by atoms with E-state index in [-0.39, 0.29) is 22.7 Å². The summed E-state index contributed by atoms with van der Waals surface area (Å²) in [6.45, 7) is -0.456. The normalized spacial score (nSPS) is 31.3. The maximum atomic E-state index is 13.8. The predicted molar refractivity (Wildman–Crippen MR) is 156 cm³/mol. The number of aliphatic hydroxyl groups is 8. The van der Waals surface area contributed by atoms with Crippen molar-refractivity contribution < 1.29 is 84.0 Å². The average molecular weight is 683 g/mol. The Hall–Kier alpha value is -4.08. The molecular weight excluding hydrogens is 648 g/mol. The van der Waals surface area contributed by atoms with Gasteiger partial charge < -0.3 is 79.2 Å². The second-order valence-electron chi connectivity index (χ2n) is 11.2. The molecule has 5 rings (SSSR count). The van der Waals surface area contributed by atoms with E-state index < -0.39 is 115 Å². The number of hydrogen-bond acceptors (Lipinski definition) is 18. The minimum atomic E-state index is -1.94. The van der Waals surface area contributed by atoms with Crippen molar-refractivity contribution in [3.05, 3.63) is 46.6 Å². The fraction of sp³-hybridized carbons (Fsp3) is 0.467. The van der Waals surface area contributed by atoms with Crippen molar-refractivity contribution in [2.75, 3.05) is 13.2 Å². The highest BCUT2D eigenvalue weighted by molar-refractivity contribution is 5.88. The average Bonchev–Trinajstić information content (AvgIpc) is 3.05. The Morgan fingerprint density at radius 1 is 0.833 bits per heavy atom. The monoisotopic (exact) mass is 682 g/mol. The Bertz CT molecular complexity index is 1650. The van der Waals surface area contributed by atoms with E-state index in [1.165, 1.54) is 24.3 Å². The zero-order chi connectivity index (χ0) is 35.0. The van der Waals surface area contributed by atoms with Crippen LogP contribution in [-0.4, -0.2) is 138 Å². The number of esters is 1. The lowest BCUT2D eigenvalue weighted by atomic mass is 9.99. The van der Waals surface area contributed by atoms with Crippen LogP contribution in [-0.2, 0) is 19.0 Å². The zero-order valence-electron chi connectivity index (χ0n) is 25.0. The number of ether oxygens (including phenoxy) is 5. The van der Waals surface area contributed by atoms with E-state index >= 15 is 0 Å². The van der Waals surface area contributed by atoms with Crippen LogP contribution in [0.3, 0.4) is 0 Å². The van der Waals surface area contributed by atoms with Gasteiger partial charge in [0.1, 0.15) is 77.0 Å². The van der Waals surface area contributed by atoms with Gasteiger partial charge in [0.2, 0.25) is 23.8 Å². The van der Waals surface area contributed by atoms with Gasteiger partial charge in [0.25, 0.3) is 0 Å². The van der Waals surface area contributed by atoms with Crippen LogP contribution < -0.4 is 14.9 Å². The number of phenols is 2. The van der Waals surface area contributed by atoms with E-state index in [2.05, 4.69) is 0 Å². The molecule has 2 fully saturated rings. The minimum absolute atomic E-state index is 0.0348. The lowest BCUT2D eigenvalue weighted by Gasteiger charge is -2.41. The Kier molecular flexibility index (Phi) is 10.4. The number of fused-ring (bicyclic) bond motifs is 1. The molecule has 0 saturated carbocycles. The van der Waals surface area contributed by atoms with E-state index in [1.54, 1.807) is 0 Å². The van der Waals surface area contributed by atoms with Crippen LogP contribution in [0.25, 0.3) is 22.3 Å². The van der Waals surface area contributed by atoms with Crippen LogP contribution in [0.5, 0.6) is 23.0 Å². The summed E-state index contributed by atoms with van der Waals surface area (Å²) in [5.74, 6) is -3.43. The highest BCUT2D eigenvalue weighted by Gasteiger charge is 2.49. The number of benzene rings is 2. The van der Waals surface area contributed by atoms with E-state index in [0.717, 1.165) is 19.1 Å². The van der Waals surface area contributed by atoms with Crippen molar-refractivity contribution in [2.24, 2.45) is 0 Å². The molecule has 1 aromatic heterocycles. The second kappa shape index (κ2) is 14.2. The van der Waals surface area contributed by atoms with Crippen LogP contribution in [0, 0.1) is 0 Å². The number of aromatic hydroxyl groups is 2. The van der Waals surface area contributed by atoms with Gasteiger partial charge in [0.05, 0.1) is 13.2 Å². The quantitative estimate of drug-likeness (QED) is 0.102. The van der Waals surface area contributed by atoms with Gasteiger partial charge in [-0.1, -0.05) is 0 Å². The molecule has 3 aromatic rings. The fourth-order valence-electron chi connectivity index (χ4n) is 5.17. The molecular formula is C30H34O18. The van der Waals surface area contributed by atoms with Gasteiger partial charge in [-0.3, -0.25) is 4.79 Å². The first-order valence-electron chi connectivity index (χ1n) is 14.5. The van der Waals surface area contributed by atoms with Crippen LogP contribution in [0.4, 0.5) is 0 Å². The molecule has 262 valence electrons. The molecule has 48 heavy (non-hydrogen) atoms. The topological polar surface area (TPSA) is 296 Å². The summed E-state index contributed by atoms with van der Waals surface area (Å²) in [4.78, 5) is 26.1. The van der Waals surface area contributed by atoms with E-state index in [0.29, 0.717) is 0 Å². The number of aliphatic hydroxyl groups excluding tert-OH is 8. The smallest absolute Gasteiger partial charge is 0.335 e. The summed E-state index contributed by atoms with van der Waals surface area (Å²) in [5, 5.41) is 100. The summed E-state index contributed by atoms with van der Waals surface area (Å²) in [6, 6.07) is 7.20. The van der Waals surface area contributed by atoms with Gasteiger partial charge in [-0.05, 0) is 31.2 Å². The van der Waals surface area contributed by atoms with Crippen molar-refractivity contribution in [1.29, 1.82) is 0 Å². The van der Waals surface area contributed by atoms with Crippen LogP contribution >= 0.6 is 0 Å². The summed E-state index contributed by atoms with van der Waals surface area (Å²) in [5.41, 5.74) is -1.25. The number of rotatable bonds is 9. The standard InChI is InChI=1S/C30H34O18/c1-10(33)28(42)47-27-23(40)20(37)17(9-32)46-30(27)48-26-21(38)18-14(35)6-12(34)7-15(18)44-25(26)11-2-4-13(5-3-11)43-29-24(41)22(39)19(36)16(8-31)45-29/h2-7,10,16-17,19-20,22-24,27,29-37,39-41H,8-9H2,1H3/t10?,16?,17?,19-,20-,22?,23?,24?,27?,29-,30+/m1/s1. The van der Waals surface area contributed by atoms with E-state index in [9.17, 15) is 60.7 Å². The molecule has 3 heterocycles. The maximum Gasteiger partial charge on any atom is 0.335 e. The Balaban J connectivity index is 1.55. The predicted octanol–water partition coefficient (Wildman–Crippen LogP) is -2.84. The van der Waals surface area contributed by atoms with Gasteiger partial charge in [-0.25, -0.2) is 4.79 Å². The third-order valence-electron chi connectivity index (χ3n) is 7.79. The second-order valence-corrected chi connectivity index (χ2v) is 11.2. The van der Waals surface area contributed by atoms with E-state index in [4.69, 9.17) is 28.1 Å². The summed E-state index contributed by atoms with van der Waals surface area (Å²) in [7, 11) is 0. The zero-order valence-corrected chi connectivity index (χ0v) is 25.0. The first-order valence-corrected chi connectivity index (χ1v) is 14.5. The van der Waals surface area contributed by atoms with Crippen LogP contribution in [0.15, 0.2) is 45.6 Å². The first kappa shape index (κ1) is 35.2. The van der Waals surface area contributed by atoms with Gasteiger partial charge >= 0.3 is 5.97 Å². The van der Waals surface area contributed by atoms with Gasteiger partial charge in [0, 0.05) is 17.7 Å². The Morgan fingerprint density at radius 3 is 2.04 bits per heavy atom. The molecule has 0 aliphatic carbocycles. The number of carbonyl (C=O) groups excluding carboxylic acids is 1. The molecule has 2 saturated heterocycles.